The zero-order chi connectivity index (χ0) is 8.97. The summed E-state index contributed by atoms with van der Waals surface area (Å²) in [4.78, 5) is 21.0. The number of hydrogen-bond donors (Lipinski definition) is 1. The topological polar surface area (TPSA) is 55.4 Å². The molecule has 0 spiro atoms. The van der Waals surface area contributed by atoms with E-state index in [9.17, 15) is 9.59 Å². The molecule has 0 heterocycles. The Morgan fingerprint density at radius 3 is 3.17 bits per heavy atom. The van der Waals surface area contributed by atoms with Gasteiger partial charge in [-0.25, -0.2) is 4.79 Å². The number of methoxy groups -OCH3 is 1. The molecule has 0 bridgehead atoms. The quantitative estimate of drug-likeness (QED) is 0.477. The molecule has 1 amide bonds. The molecule has 1 unspecified atom stereocenters. The average molecular weight is 169 g/mol. The van der Waals surface area contributed by atoms with Crippen molar-refractivity contribution in [1.82, 2.24) is 5.32 Å². The molecule has 1 aliphatic carbocycles. The average Bonchev–Trinajstić information content (AvgIpc) is 2.52. The van der Waals surface area contributed by atoms with Crippen LogP contribution in [0, 0.1) is 0 Å². The Bertz CT molecular complexity index is 222. The van der Waals surface area contributed by atoms with Crippen LogP contribution in [0.15, 0.2) is 11.6 Å². The van der Waals surface area contributed by atoms with Gasteiger partial charge in [-0.2, -0.15) is 0 Å². The molecule has 1 rings (SSSR count). The molecular formula is C8H11NO3. The molecule has 0 aliphatic heterocycles. The molecule has 12 heavy (non-hydrogen) atoms. The maximum Gasteiger partial charge on any atom is 0.333 e. The Kier molecular flexibility index (Phi) is 2.85. The van der Waals surface area contributed by atoms with Gasteiger partial charge in [-0.15, -0.1) is 0 Å². The number of carbonyl (C=O) groups is 2. The van der Waals surface area contributed by atoms with Gasteiger partial charge in [0.2, 0.25) is 6.41 Å². The summed E-state index contributed by atoms with van der Waals surface area (Å²) in [5.41, 5.74) is 0.650. The van der Waals surface area contributed by atoms with Crippen molar-refractivity contribution in [1.29, 1.82) is 0 Å². The highest BCUT2D eigenvalue weighted by atomic mass is 16.5. The standard InChI is InChI=1S/C8H11NO3/c1-12-8(11)6-2-3-7(4-6)9-5-10/h2,5,7H,3-4H2,1H3,(H,9,10). The van der Waals surface area contributed by atoms with Crippen molar-refractivity contribution in [2.24, 2.45) is 0 Å². The summed E-state index contributed by atoms with van der Waals surface area (Å²) < 4.78 is 4.54. The van der Waals surface area contributed by atoms with E-state index >= 15 is 0 Å². The molecule has 0 saturated carbocycles. The summed E-state index contributed by atoms with van der Waals surface area (Å²) >= 11 is 0. The third-order valence-electron chi connectivity index (χ3n) is 1.87. The lowest BCUT2D eigenvalue weighted by Gasteiger charge is -2.06. The molecule has 1 atom stereocenters. The van der Waals surface area contributed by atoms with Crippen molar-refractivity contribution in [2.45, 2.75) is 18.9 Å². The fraction of sp³-hybridized carbons (Fsp3) is 0.500. The van der Waals surface area contributed by atoms with Crippen molar-refractivity contribution >= 4 is 12.4 Å². The minimum absolute atomic E-state index is 0.0663. The summed E-state index contributed by atoms with van der Waals surface area (Å²) in [7, 11) is 1.35. The molecule has 4 nitrogen and oxygen atoms in total. The van der Waals surface area contributed by atoms with Crippen LogP contribution >= 0.6 is 0 Å². The predicted molar refractivity (Wildman–Crippen MR) is 42.3 cm³/mol. The van der Waals surface area contributed by atoms with E-state index in [1.165, 1.54) is 7.11 Å². The molecular weight excluding hydrogens is 158 g/mol. The van der Waals surface area contributed by atoms with Gasteiger partial charge >= 0.3 is 5.97 Å². The van der Waals surface area contributed by atoms with Crippen molar-refractivity contribution in [3.63, 3.8) is 0 Å². The first-order valence-electron chi connectivity index (χ1n) is 3.75. The van der Waals surface area contributed by atoms with E-state index in [0.29, 0.717) is 24.8 Å². The fourth-order valence-electron chi connectivity index (χ4n) is 1.24. The third-order valence-corrected chi connectivity index (χ3v) is 1.87. The largest absolute Gasteiger partial charge is 0.466 e. The lowest BCUT2D eigenvalue weighted by molar-refractivity contribution is -0.136. The molecule has 4 heteroatoms. The SMILES string of the molecule is COC(=O)C1=CCC(NC=O)C1. The van der Waals surface area contributed by atoms with Crippen molar-refractivity contribution in [3.05, 3.63) is 11.6 Å². The lowest BCUT2D eigenvalue weighted by Crippen LogP contribution is -2.25. The third kappa shape index (κ3) is 1.84. The maximum absolute atomic E-state index is 11.0. The van der Waals surface area contributed by atoms with Crippen LogP contribution in [0.3, 0.4) is 0 Å². The summed E-state index contributed by atoms with van der Waals surface area (Å²) in [5, 5.41) is 2.61. The summed E-state index contributed by atoms with van der Waals surface area (Å²) in [6.07, 6.45) is 3.74. The molecule has 0 aromatic carbocycles. The fourth-order valence-corrected chi connectivity index (χ4v) is 1.24. The van der Waals surface area contributed by atoms with Gasteiger partial charge in [0.05, 0.1) is 7.11 Å². The van der Waals surface area contributed by atoms with E-state index in [2.05, 4.69) is 10.1 Å². The van der Waals surface area contributed by atoms with Gasteiger partial charge in [-0.1, -0.05) is 6.08 Å². The highest BCUT2D eigenvalue weighted by Crippen LogP contribution is 2.18. The Morgan fingerprint density at radius 2 is 2.58 bits per heavy atom. The first-order valence-corrected chi connectivity index (χ1v) is 3.75. The Morgan fingerprint density at radius 1 is 1.83 bits per heavy atom. The number of nitrogens with one attached hydrogen (secondary N) is 1. The second kappa shape index (κ2) is 3.90. The number of ether oxygens (including phenoxy) is 1. The van der Waals surface area contributed by atoms with Gasteiger partial charge in [0.1, 0.15) is 0 Å². The molecule has 0 saturated heterocycles. The van der Waals surface area contributed by atoms with Gasteiger partial charge in [-0.05, 0) is 12.8 Å². The number of carbonyl (C=O) groups excluding carboxylic acids is 2. The monoisotopic (exact) mass is 169 g/mol. The Balaban J connectivity index is 2.42. The van der Waals surface area contributed by atoms with Crippen molar-refractivity contribution in [3.8, 4) is 0 Å². The number of rotatable bonds is 3. The van der Waals surface area contributed by atoms with Gasteiger partial charge in [0, 0.05) is 11.6 Å². The van der Waals surface area contributed by atoms with Crippen LogP contribution in [-0.4, -0.2) is 25.5 Å². The van der Waals surface area contributed by atoms with Gasteiger partial charge in [-0.3, -0.25) is 4.79 Å². The highest BCUT2D eigenvalue weighted by Gasteiger charge is 2.21. The predicted octanol–water partition coefficient (Wildman–Crippen LogP) is -0.00580. The van der Waals surface area contributed by atoms with Crippen LogP contribution in [0.25, 0.3) is 0 Å². The van der Waals surface area contributed by atoms with Crippen LogP contribution in [0.5, 0.6) is 0 Å². The highest BCUT2D eigenvalue weighted by molar-refractivity contribution is 5.89. The van der Waals surface area contributed by atoms with Crippen LogP contribution < -0.4 is 5.32 Å². The second-order valence-electron chi connectivity index (χ2n) is 2.64. The zero-order valence-electron chi connectivity index (χ0n) is 6.87. The van der Waals surface area contributed by atoms with Gasteiger partial charge < -0.3 is 10.1 Å². The summed E-state index contributed by atoms with van der Waals surface area (Å²) in [5.74, 6) is -0.301. The van der Waals surface area contributed by atoms with E-state index < -0.39 is 0 Å². The normalized spacial score (nSPS) is 21.4. The van der Waals surface area contributed by atoms with Crippen LogP contribution in [0.4, 0.5) is 0 Å². The minimum Gasteiger partial charge on any atom is -0.466 e. The molecule has 0 aromatic rings. The van der Waals surface area contributed by atoms with Crippen molar-refractivity contribution in [2.75, 3.05) is 7.11 Å². The number of esters is 1. The molecule has 1 N–H and O–H groups in total. The summed E-state index contributed by atoms with van der Waals surface area (Å²) in [6.45, 7) is 0. The van der Waals surface area contributed by atoms with Gasteiger partial charge in [0.25, 0.3) is 0 Å². The summed E-state index contributed by atoms with van der Waals surface area (Å²) in [6, 6.07) is 0.0663. The first-order chi connectivity index (χ1) is 5.77. The zero-order valence-corrected chi connectivity index (χ0v) is 6.87. The van der Waals surface area contributed by atoms with Crippen LogP contribution in [-0.2, 0) is 14.3 Å². The lowest BCUT2D eigenvalue weighted by atomic mass is 10.2. The maximum atomic E-state index is 11.0. The van der Waals surface area contributed by atoms with Crippen molar-refractivity contribution < 1.29 is 14.3 Å². The van der Waals surface area contributed by atoms with E-state index in [1.54, 1.807) is 6.08 Å². The first kappa shape index (κ1) is 8.77. The van der Waals surface area contributed by atoms with E-state index in [1.807, 2.05) is 0 Å². The molecule has 1 aliphatic rings. The number of amides is 1. The molecule has 0 fully saturated rings. The van der Waals surface area contributed by atoms with E-state index in [0.717, 1.165) is 0 Å². The second-order valence-corrected chi connectivity index (χ2v) is 2.64. The molecule has 0 radical (unpaired) electrons. The smallest absolute Gasteiger partial charge is 0.333 e. The van der Waals surface area contributed by atoms with Crippen LogP contribution in [0.1, 0.15) is 12.8 Å². The number of hydrogen-bond acceptors (Lipinski definition) is 3. The minimum atomic E-state index is -0.301. The van der Waals surface area contributed by atoms with E-state index in [-0.39, 0.29) is 12.0 Å². The molecule has 66 valence electrons. The Labute approximate surface area is 70.6 Å². The van der Waals surface area contributed by atoms with E-state index in [4.69, 9.17) is 0 Å². The molecule has 0 aromatic heterocycles. The van der Waals surface area contributed by atoms with Crippen LogP contribution in [0.2, 0.25) is 0 Å². The Hall–Kier alpha value is -1.32. The van der Waals surface area contributed by atoms with Gasteiger partial charge in [0.15, 0.2) is 0 Å².